The zero-order valence-corrected chi connectivity index (χ0v) is 14.0. The minimum atomic E-state index is 0.515. The molecule has 0 N–H and O–H groups in total. The van der Waals surface area contributed by atoms with Crippen molar-refractivity contribution in [2.75, 3.05) is 0 Å². The van der Waals surface area contributed by atoms with Crippen LogP contribution in [0.4, 0.5) is 0 Å². The number of nitrogens with zero attached hydrogens (tertiary/aromatic N) is 3. The standard InChI is InChI=1S/C18H14N3S2/c19-6-3-7-20-8-9-21-13-14(16-4-1-10-22-16)12-15(18(20)21)17-5-2-11-23-17/h1-2,4-5,8-13H,3,7H2/q+1. The summed E-state index contributed by atoms with van der Waals surface area (Å²) in [4.78, 5) is 2.51. The Bertz CT molecular complexity index is 974. The SMILES string of the molecule is N#CCC[n+]1ccn2cc(-c3cccs3)cc(-c3cccs3)c21. The fourth-order valence-corrected chi connectivity index (χ4v) is 4.24. The summed E-state index contributed by atoms with van der Waals surface area (Å²) in [6.45, 7) is 0.712. The predicted molar refractivity (Wildman–Crippen MR) is 94.4 cm³/mol. The number of thiophene rings is 2. The Labute approximate surface area is 142 Å². The Morgan fingerprint density at radius 3 is 2.61 bits per heavy atom. The van der Waals surface area contributed by atoms with Crippen molar-refractivity contribution >= 4 is 28.3 Å². The van der Waals surface area contributed by atoms with E-state index in [2.05, 4.69) is 74.7 Å². The van der Waals surface area contributed by atoms with Crippen molar-refractivity contribution in [1.29, 1.82) is 5.26 Å². The third kappa shape index (κ3) is 2.56. The van der Waals surface area contributed by atoms with Crippen molar-refractivity contribution < 1.29 is 4.57 Å². The lowest BCUT2D eigenvalue weighted by molar-refractivity contribution is -0.669. The van der Waals surface area contributed by atoms with E-state index in [0.717, 1.165) is 5.65 Å². The van der Waals surface area contributed by atoms with Gasteiger partial charge in [-0.2, -0.15) is 5.26 Å². The molecule has 0 aliphatic rings. The molecule has 0 bridgehead atoms. The van der Waals surface area contributed by atoms with Crippen molar-refractivity contribution in [2.24, 2.45) is 0 Å². The first-order valence-electron chi connectivity index (χ1n) is 7.35. The van der Waals surface area contributed by atoms with Crippen molar-refractivity contribution in [3.8, 4) is 27.0 Å². The predicted octanol–water partition coefficient (Wildman–Crippen LogP) is 4.60. The number of rotatable bonds is 4. The van der Waals surface area contributed by atoms with E-state index >= 15 is 0 Å². The maximum absolute atomic E-state index is 8.89. The number of aromatic nitrogens is 2. The number of fused-ring (bicyclic) bond motifs is 1. The zero-order chi connectivity index (χ0) is 15.6. The van der Waals surface area contributed by atoms with Gasteiger partial charge in [-0.25, -0.2) is 8.97 Å². The van der Waals surface area contributed by atoms with Gasteiger partial charge in [0.05, 0.1) is 18.1 Å². The molecule has 3 nitrogen and oxygen atoms in total. The molecule has 0 fully saturated rings. The van der Waals surface area contributed by atoms with Crippen LogP contribution in [0.15, 0.2) is 59.7 Å². The first-order chi connectivity index (χ1) is 11.4. The highest BCUT2D eigenvalue weighted by Gasteiger charge is 2.19. The highest BCUT2D eigenvalue weighted by atomic mass is 32.1. The topological polar surface area (TPSA) is 32.1 Å². The van der Waals surface area contributed by atoms with Gasteiger partial charge in [0, 0.05) is 15.3 Å². The molecule has 4 rings (SSSR count). The van der Waals surface area contributed by atoms with Crippen LogP contribution in [-0.2, 0) is 6.54 Å². The molecule has 0 aliphatic heterocycles. The number of pyridine rings is 1. The summed E-state index contributed by atoms with van der Waals surface area (Å²) in [5.74, 6) is 0. The van der Waals surface area contributed by atoms with E-state index in [4.69, 9.17) is 5.26 Å². The molecule has 0 atom stereocenters. The second-order valence-corrected chi connectivity index (χ2v) is 7.12. The van der Waals surface area contributed by atoms with Crippen LogP contribution in [0.5, 0.6) is 0 Å². The lowest BCUT2D eigenvalue weighted by atomic mass is 10.1. The summed E-state index contributed by atoms with van der Waals surface area (Å²) in [6.07, 6.45) is 6.81. The molecular formula is C18H14N3S2+. The van der Waals surface area contributed by atoms with Crippen LogP contribution in [0, 0.1) is 11.3 Å². The second kappa shape index (κ2) is 5.99. The van der Waals surface area contributed by atoms with Crippen molar-refractivity contribution in [1.82, 2.24) is 4.40 Å². The fraction of sp³-hybridized carbons (Fsp3) is 0.111. The number of hydrogen-bond acceptors (Lipinski definition) is 3. The zero-order valence-electron chi connectivity index (χ0n) is 12.3. The molecular weight excluding hydrogens is 322 g/mol. The van der Waals surface area contributed by atoms with Gasteiger partial charge in [0.15, 0.2) is 0 Å². The van der Waals surface area contributed by atoms with E-state index in [1.54, 1.807) is 22.7 Å². The van der Waals surface area contributed by atoms with Crippen molar-refractivity contribution in [3.63, 3.8) is 0 Å². The van der Waals surface area contributed by atoms with Crippen LogP contribution in [0.3, 0.4) is 0 Å². The van der Waals surface area contributed by atoms with E-state index in [9.17, 15) is 0 Å². The average Bonchev–Trinajstić information content (AvgIpc) is 3.33. The highest BCUT2D eigenvalue weighted by molar-refractivity contribution is 7.14. The van der Waals surface area contributed by atoms with Crippen LogP contribution in [0.1, 0.15) is 6.42 Å². The van der Waals surface area contributed by atoms with Crippen LogP contribution in [0.25, 0.3) is 26.5 Å². The molecule has 4 aromatic rings. The Kier molecular flexibility index (Phi) is 3.70. The number of imidazole rings is 1. The van der Waals surface area contributed by atoms with Gasteiger partial charge in [0.25, 0.3) is 5.65 Å². The van der Waals surface area contributed by atoms with Gasteiger partial charge >= 0.3 is 0 Å². The Morgan fingerprint density at radius 1 is 1.13 bits per heavy atom. The molecule has 0 saturated heterocycles. The maximum Gasteiger partial charge on any atom is 0.295 e. The average molecular weight is 336 g/mol. The monoisotopic (exact) mass is 336 g/mol. The highest BCUT2D eigenvalue weighted by Crippen LogP contribution is 2.33. The third-order valence-electron chi connectivity index (χ3n) is 3.80. The summed E-state index contributed by atoms with van der Waals surface area (Å²) in [5, 5.41) is 13.1. The third-order valence-corrected chi connectivity index (χ3v) is 5.62. The molecule has 5 heteroatoms. The number of aryl methyl sites for hydroxylation is 1. The lowest BCUT2D eigenvalue weighted by Gasteiger charge is -2.04. The minimum Gasteiger partial charge on any atom is -0.229 e. The Morgan fingerprint density at radius 2 is 1.91 bits per heavy atom. The lowest BCUT2D eigenvalue weighted by Crippen LogP contribution is -2.32. The van der Waals surface area contributed by atoms with E-state index < -0.39 is 0 Å². The van der Waals surface area contributed by atoms with Crippen LogP contribution in [0.2, 0.25) is 0 Å². The second-order valence-electron chi connectivity index (χ2n) is 5.23. The van der Waals surface area contributed by atoms with Gasteiger partial charge in [-0.1, -0.05) is 12.1 Å². The number of nitriles is 1. The molecule has 0 unspecified atom stereocenters. The molecule has 0 saturated carbocycles. The summed E-state index contributed by atoms with van der Waals surface area (Å²) >= 11 is 3.50. The van der Waals surface area contributed by atoms with E-state index in [-0.39, 0.29) is 0 Å². The van der Waals surface area contributed by atoms with Crippen molar-refractivity contribution in [3.05, 3.63) is 59.7 Å². The molecule has 0 amide bonds. The summed E-state index contributed by atoms with van der Waals surface area (Å²) in [5.41, 5.74) is 3.58. The Hall–Kier alpha value is -2.42. The van der Waals surface area contributed by atoms with Crippen LogP contribution >= 0.6 is 22.7 Å². The van der Waals surface area contributed by atoms with Gasteiger partial charge < -0.3 is 0 Å². The molecule has 0 aromatic carbocycles. The number of hydrogen-bond donors (Lipinski definition) is 0. The molecule has 0 spiro atoms. The largest absolute Gasteiger partial charge is 0.295 e. The van der Waals surface area contributed by atoms with Crippen molar-refractivity contribution in [2.45, 2.75) is 13.0 Å². The van der Waals surface area contributed by atoms with Gasteiger partial charge in [-0.15, -0.1) is 22.7 Å². The summed E-state index contributed by atoms with van der Waals surface area (Å²) < 4.78 is 4.33. The molecule has 0 aliphatic carbocycles. The molecule has 4 heterocycles. The van der Waals surface area contributed by atoms with Crippen LogP contribution in [-0.4, -0.2) is 4.40 Å². The molecule has 4 aromatic heterocycles. The van der Waals surface area contributed by atoms with Crippen LogP contribution < -0.4 is 4.57 Å². The Balaban J connectivity index is 1.96. The van der Waals surface area contributed by atoms with E-state index in [1.807, 2.05) is 0 Å². The normalized spacial score (nSPS) is 10.9. The van der Waals surface area contributed by atoms with Gasteiger partial charge in [0.2, 0.25) is 0 Å². The molecule has 112 valence electrons. The fourth-order valence-electron chi connectivity index (χ4n) is 2.79. The summed E-state index contributed by atoms with van der Waals surface area (Å²) in [6, 6.07) is 13.0. The van der Waals surface area contributed by atoms with Gasteiger partial charge in [-0.3, -0.25) is 0 Å². The van der Waals surface area contributed by atoms with Gasteiger partial charge in [-0.05, 0) is 29.0 Å². The van der Waals surface area contributed by atoms with E-state index in [0.29, 0.717) is 13.0 Å². The maximum atomic E-state index is 8.89. The van der Waals surface area contributed by atoms with Gasteiger partial charge in [0.1, 0.15) is 25.1 Å². The van der Waals surface area contributed by atoms with E-state index in [1.165, 1.54) is 20.9 Å². The smallest absolute Gasteiger partial charge is 0.229 e. The quantitative estimate of drug-likeness (QED) is 0.501. The molecule has 23 heavy (non-hydrogen) atoms. The minimum absolute atomic E-state index is 0.515. The summed E-state index contributed by atoms with van der Waals surface area (Å²) in [7, 11) is 0. The first-order valence-corrected chi connectivity index (χ1v) is 9.11. The molecule has 0 radical (unpaired) electrons. The first kappa shape index (κ1) is 14.2.